The molecule has 1 aromatic carbocycles. The number of nitrogens with one attached hydrogen (secondary N) is 2. The lowest BCUT2D eigenvalue weighted by atomic mass is 10.1. The van der Waals surface area contributed by atoms with Gasteiger partial charge in [-0.3, -0.25) is 4.99 Å². The van der Waals surface area contributed by atoms with E-state index in [1.165, 1.54) is 11.1 Å². The van der Waals surface area contributed by atoms with Crippen LogP contribution in [-0.2, 0) is 11.3 Å². The van der Waals surface area contributed by atoms with E-state index in [0.29, 0.717) is 0 Å². The molecule has 0 saturated carbocycles. The molecule has 0 amide bonds. The third-order valence-electron chi connectivity index (χ3n) is 3.48. The van der Waals surface area contributed by atoms with Crippen LogP contribution in [0.4, 0.5) is 0 Å². The number of benzene rings is 1. The van der Waals surface area contributed by atoms with Crippen molar-refractivity contribution in [2.75, 3.05) is 47.4 Å². The lowest BCUT2D eigenvalue weighted by Crippen LogP contribution is -2.40. The van der Waals surface area contributed by atoms with Crippen molar-refractivity contribution in [3.05, 3.63) is 35.4 Å². The highest BCUT2D eigenvalue weighted by atomic mass is 16.5. The molecule has 0 atom stereocenters. The highest BCUT2D eigenvalue weighted by Crippen LogP contribution is 2.02. The number of aliphatic imine (C=N–C) groups is 1. The summed E-state index contributed by atoms with van der Waals surface area (Å²) in [6, 6.07) is 8.53. The van der Waals surface area contributed by atoms with Gasteiger partial charge < -0.3 is 20.3 Å². The minimum atomic E-state index is 0.781. The maximum atomic E-state index is 5.06. The molecular weight excluding hydrogens is 276 g/mol. The highest BCUT2D eigenvalue weighted by molar-refractivity contribution is 5.79. The molecular formula is C17H30N4O. The molecule has 124 valence electrons. The maximum Gasteiger partial charge on any atom is 0.191 e. The van der Waals surface area contributed by atoms with Crippen LogP contribution in [-0.4, -0.2) is 58.3 Å². The van der Waals surface area contributed by atoms with Gasteiger partial charge in [0.05, 0.1) is 0 Å². The smallest absolute Gasteiger partial charge is 0.191 e. The summed E-state index contributed by atoms with van der Waals surface area (Å²) in [5.74, 6) is 0.839. The Labute approximate surface area is 134 Å². The quantitative estimate of drug-likeness (QED) is 0.414. The molecule has 1 rings (SSSR count). The van der Waals surface area contributed by atoms with Crippen molar-refractivity contribution in [1.82, 2.24) is 15.5 Å². The molecule has 0 aliphatic rings. The van der Waals surface area contributed by atoms with Crippen molar-refractivity contribution in [1.29, 1.82) is 0 Å². The first-order valence-corrected chi connectivity index (χ1v) is 7.83. The molecule has 0 spiro atoms. The van der Waals surface area contributed by atoms with Crippen LogP contribution in [0.1, 0.15) is 17.5 Å². The predicted molar refractivity (Wildman–Crippen MR) is 93.4 cm³/mol. The lowest BCUT2D eigenvalue weighted by Gasteiger charge is -2.18. The van der Waals surface area contributed by atoms with Crippen LogP contribution < -0.4 is 10.6 Å². The predicted octanol–water partition coefficient (Wildman–Crippen LogP) is 1.63. The molecule has 0 unspecified atom stereocenters. The number of hydrogen-bond donors (Lipinski definition) is 2. The number of rotatable bonds is 9. The van der Waals surface area contributed by atoms with Crippen LogP contribution in [0.25, 0.3) is 0 Å². The summed E-state index contributed by atoms with van der Waals surface area (Å²) in [6.45, 7) is 6.60. The molecule has 0 aromatic heterocycles. The van der Waals surface area contributed by atoms with Crippen molar-refractivity contribution >= 4 is 5.96 Å². The molecule has 5 nitrogen and oxygen atoms in total. The Morgan fingerprint density at radius 2 is 1.91 bits per heavy atom. The van der Waals surface area contributed by atoms with Gasteiger partial charge in [-0.05, 0) is 26.0 Å². The van der Waals surface area contributed by atoms with Gasteiger partial charge in [0.15, 0.2) is 5.96 Å². The largest absolute Gasteiger partial charge is 0.385 e. The van der Waals surface area contributed by atoms with Crippen LogP contribution in [0.5, 0.6) is 0 Å². The zero-order valence-electron chi connectivity index (χ0n) is 14.4. The fourth-order valence-corrected chi connectivity index (χ4v) is 2.07. The van der Waals surface area contributed by atoms with Crippen LogP contribution in [0, 0.1) is 6.92 Å². The van der Waals surface area contributed by atoms with Crippen LogP contribution in [0.3, 0.4) is 0 Å². The number of hydrogen-bond acceptors (Lipinski definition) is 3. The molecule has 5 heteroatoms. The van der Waals surface area contributed by atoms with E-state index < -0.39 is 0 Å². The van der Waals surface area contributed by atoms with Gasteiger partial charge in [0.1, 0.15) is 0 Å². The molecule has 22 heavy (non-hydrogen) atoms. The minimum absolute atomic E-state index is 0.781. The fraction of sp³-hybridized carbons (Fsp3) is 0.588. The van der Waals surface area contributed by atoms with E-state index in [-0.39, 0.29) is 0 Å². The Hall–Kier alpha value is -1.59. The molecule has 0 saturated heterocycles. The molecule has 0 fully saturated rings. The first-order chi connectivity index (χ1) is 10.7. The highest BCUT2D eigenvalue weighted by Gasteiger charge is 2.01. The number of ether oxygens (including phenoxy) is 1. The standard InChI is InChI=1S/C17H30N4O/c1-15-6-8-16(9-7-15)14-20-17(18-2)19-10-12-21(3)11-5-13-22-4/h6-9H,5,10-14H2,1-4H3,(H2,18,19,20). The molecule has 2 N–H and O–H groups in total. The van der Waals surface area contributed by atoms with Gasteiger partial charge in [-0.25, -0.2) is 0 Å². The van der Waals surface area contributed by atoms with Crippen molar-refractivity contribution in [2.45, 2.75) is 19.9 Å². The summed E-state index contributed by atoms with van der Waals surface area (Å²) in [6.07, 6.45) is 1.06. The van der Waals surface area contributed by atoms with E-state index in [2.05, 4.69) is 58.8 Å². The molecule has 0 heterocycles. The van der Waals surface area contributed by atoms with Gasteiger partial charge in [-0.2, -0.15) is 0 Å². The van der Waals surface area contributed by atoms with Crippen molar-refractivity contribution in [3.8, 4) is 0 Å². The normalized spacial score (nSPS) is 11.8. The number of likely N-dealkylation sites (N-methyl/N-ethyl adjacent to an activating group) is 1. The Morgan fingerprint density at radius 3 is 2.55 bits per heavy atom. The van der Waals surface area contributed by atoms with Gasteiger partial charge in [0, 0.05) is 46.9 Å². The second kappa shape index (κ2) is 11.0. The summed E-state index contributed by atoms with van der Waals surface area (Å²) >= 11 is 0. The SMILES string of the molecule is CN=C(NCCN(C)CCCOC)NCc1ccc(C)cc1. The van der Waals surface area contributed by atoms with Crippen molar-refractivity contribution in [2.24, 2.45) is 4.99 Å². The lowest BCUT2D eigenvalue weighted by molar-refractivity contribution is 0.180. The first kappa shape index (κ1) is 18.5. The topological polar surface area (TPSA) is 48.9 Å². The number of nitrogens with zero attached hydrogens (tertiary/aromatic N) is 2. The summed E-state index contributed by atoms with van der Waals surface area (Å²) in [5, 5.41) is 6.67. The second-order valence-corrected chi connectivity index (χ2v) is 5.49. The van der Waals surface area contributed by atoms with Crippen molar-refractivity contribution < 1.29 is 4.74 Å². The zero-order chi connectivity index (χ0) is 16.2. The van der Waals surface area contributed by atoms with Gasteiger partial charge in [0.2, 0.25) is 0 Å². The minimum Gasteiger partial charge on any atom is -0.385 e. The van der Waals surface area contributed by atoms with Crippen molar-refractivity contribution in [3.63, 3.8) is 0 Å². The summed E-state index contributed by atoms with van der Waals surface area (Å²) < 4.78 is 5.06. The monoisotopic (exact) mass is 306 g/mol. The van der Waals surface area contributed by atoms with Crippen LogP contribution >= 0.6 is 0 Å². The average Bonchev–Trinajstić information content (AvgIpc) is 2.52. The number of aryl methyl sites for hydroxylation is 1. The van der Waals surface area contributed by atoms with Crippen LogP contribution in [0.2, 0.25) is 0 Å². The second-order valence-electron chi connectivity index (χ2n) is 5.49. The maximum absolute atomic E-state index is 5.06. The zero-order valence-corrected chi connectivity index (χ0v) is 14.4. The summed E-state index contributed by atoms with van der Waals surface area (Å²) in [4.78, 5) is 6.54. The van der Waals surface area contributed by atoms with E-state index in [0.717, 1.165) is 45.2 Å². The van der Waals surface area contributed by atoms with E-state index >= 15 is 0 Å². The average molecular weight is 306 g/mol. The Bertz CT molecular complexity index is 431. The van der Waals surface area contributed by atoms with E-state index in [9.17, 15) is 0 Å². The van der Waals surface area contributed by atoms with Gasteiger partial charge in [-0.15, -0.1) is 0 Å². The molecule has 0 aliphatic heterocycles. The Balaban J connectivity index is 2.21. The van der Waals surface area contributed by atoms with Gasteiger partial charge >= 0.3 is 0 Å². The van der Waals surface area contributed by atoms with Gasteiger partial charge in [0.25, 0.3) is 0 Å². The van der Waals surface area contributed by atoms with E-state index in [1.54, 1.807) is 14.2 Å². The Morgan fingerprint density at radius 1 is 1.18 bits per heavy atom. The number of guanidine groups is 1. The van der Waals surface area contributed by atoms with E-state index in [4.69, 9.17) is 4.74 Å². The molecule has 1 aromatic rings. The molecule has 0 aliphatic carbocycles. The third-order valence-corrected chi connectivity index (χ3v) is 3.48. The summed E-state index contributed by atoms with van der Waals surface area (Å²) in [7, 11) is 5.66. The van der Waals surface area contributed by atoms with E-state index in [1.807, 2.05) is 0 Å². The molecule has 0 radical (unpaired) electrons. The van der Waals surface area contributed by atoms with Crippen LogP contribution in [0.15, 0.2) is 29.3 Å². The fourth-order valence-electron chi connectivity index (χ4n) is 2.07. The molecule has 0 bridgehead atoms. The summed E-state index contributed by atoms with van der Waals surface area (Å²) in [5.41, 5.74) is 2.54. The van der Waals surface area contributed by atoms with Gasteiger partial charge in [-0.1, -0.05) is 29.8 Å². The first-order valence-electron chi connectivity index (χ1n) is 7.83. The number of methoxy groups -OCH3 is 1. The third kappa shape index (κ3) is 8.00. The Kier molecular flexibility index (Phi) is 9.26.